The summed E-state index contributed by atoms with van der Waals surface area (Å²) in [5.41, 5.74) is 28.3. The molecule has 9 aromatic heterocycles. The monoisotopic (exact) mass is 1850 g/mol. The van der Waals surface area contributed by atoms with Gasteiger partial charge >= 0.3 is 0 Å². The van der Waals surface area contributed by atoms with E-state index >= 15 is 0 Å². The number of hydrogen-bond acceptors (Lipinski definition) is 7. The topological polar surface area (TPSA) is 97.8 Å². The quantitative estimate of drug-likeness (QED) is 0.128. The van der Waals surface area contributed by atoms with Gasteiger partial charge in [-0.15, -0.1) is 11.3 Å². The van der Waals surface area contributed by atoms with E-state index < -0.39 is 0 Å². The molecule has 0 aliphatic rings. The third-order valence-electron chi connectivity index (χ3n) is 30.5. The molecule has 144 heavy (non-hydrogen) atoms. The highest BCUT2D eigenvalue weighted by Crippen LogP contribution is 2.53. The highest BCUT2D eigenvalue weighted by atomic mass is 32.1. The van der Waals surface area contributed by atoms with E-state index in [-0.39, 0.29) is 0 Å². The zero-order valence-corrected chi connectivity index (χ0v) is 77.9. The summed E-state index contributed by atoms with van der Waals surface area (Å²) in [4.78, 5) is 17.5. The molecule has 0 saturated carbocycles. The molecule has 23 aromatic carbocycles. The van der Waals surface area contributed by atoms with Gasteiger partial charge in [-0.1, -0.05) is 285 Å². The van der Waals surface area contributed by atoms with Crippen molar-refractivity contribution in [3.8, 4) is 101 Å². The first-order valence-electron chi connectivity index (χ1n) is 49.0. The second-order valence-corrected chi connectivity index (χ2v) is 39.3. The van der Waals surface area contributed by atoms with Crippen LogP contribution < -0.4 is 0 Å². The van der Waals surface area contributed by atoms with Crippen molar-refractivity contribution in [2.75, 3.05) is 0 Å². The maximum Gasteiger partial charge on any atom is 0.166 e. The average Bonchev–Trinajstić information content (AvgIpc) is 1.55. The minimum Gasteiger partial charge on any atom is -0.456 e. The first kappa shape index (κ1) is 78.9. The highest BCUT2D eigenvalue weighted by Gasteiger charge is 2.32. The second kappa shape index (κ2) is 30.2. The van der Waals surface area contributed by atoms with Crippen molar-refractivity contribution in [1.82, 2.24) is 33.2 Å². The van der Waals surface area contributed by atoms with Gasteiger partial charge in [-0.05, 0) is 252 Å². The molecular weight excluding hydrogens is 1780 g/mol. The molecule has 32 aromatic rings. The van der Waals surface area contributed by atoms with Crippen LogP contribution in [0.5, 0.6) is 0 Å². The van der Waals surface area contributed by atoms with Gasteiger partial charge in [0.25, 0.3) is 0 Å². The predicted molar refractivity (Wildman–Crippen MR) is 600 cm³/mol. The molecule has 11 heteroatoms. The Kier molecular flexibility index (Phi) is 16.6. The first-order valence-corrected chi connectivity index (χ1v) is 49.8. The maximum atomic E-state index is 7.38. The van der Waals surface area contributed by atoms with E-state index in [1.165, 1.54) is 42.4 Å². The van der Waals surface area contributed by atoms with Gasteiger partial charge in [0.2, 0.25) is 0 Å². The standard InChI is InChI=1S/C133H75N7O3S/c1-2-33-88(34-3-1)137-108-45-17-12-38-98(108)122-91(41-22-47-110(122)137)85-66-86(68-87(67-85)93-61-62-96-94-36-14-19-49-116(94)142-129(96)127(93)139-112-65-57-77-26-10-11-35-90(77)123(112)107-71-80-29-6-9-32-83(80)74-115(107)139)92-42-24-51-118-125(92)100-60-56-84(75-119(100)141-118)76-54-58-89(59-55-76)138-109-46-18-13-39-99(109)124-102(43-23-48-111(124)138)131-134-132(103-44-25-53-121-126(103)101-40-16-21-52-120(101)144-121)136-133(135-131)104-64-63-97-95-37-15-20-50-117(95)143-130(97)128(104)140-113-72-81-30-7-4-27-78(81)69-105(113)106-70-79-28-5-8-31-82(79)73-114(106)140/h1-75H. The Hall–Kier alpha value is -19.1. The molecule has 9 heterocycles. The Morgan fingerprint density at radius 2 is 0.583 bits per heavy atom. The number of fused-ring (bicyclic) bond motifs is 29. The fourth-order valence-corrected chi connectivity index (χ4v) is 25.3. The first-order chi connectivity index (χ1) is 71.4. The molecule has 0 bridgehead atoms. The highest BCUT2D eigenvalue weighted by molar-refractivity contribution is 7.26. The zero-order chi connectivity index (χ0) is 93.8. The molecule has 0 unspecified atom stereocenters. The number of aromatic nitrogens is 7. The molecular formula is C133H75N7O3S. The Morgan fingerprint density at radius 1 is 0.174 bits per heavy atom. The summed E-state index contributed by atoms with van der Waals surface area (Å²) in [6.45, 7) is 0. The summed E-state index contributed by atoms with van der Waals surface area (Å²) in [7, 11) is 0. The predicted octanol–water partition coefficient (Wildman–Crippen LogP) is 36.6. The summed E-state index contributed by atoms with van der Waals surface area (Å²) in [6.07, 6.45) is 0. The van der Waals surface area contributed by atoms with E-state index in [2.05, 4.69) is 467 Å². The van der Waals surface area contributed by atoms with Crippen LogP contribution in [0.2, 0.25) is 0 Å². The molecule has 0 N–H and O–H groups in total. The third-order valence-corrected chi connectivity index (χ3v) is 31.6. The number of para-hydroxylation sites is 5. The van der Waals surface area contributed by atoms with Gasteiger partial charge in [0.1, 0.15) is 28.0 Å². The van der Waals surface area contributed by atoms with Crippen LogP contribution in [0.4, 0.5) is 0 Å². The van der Waals surface area contributed by atoms with Gasteiger partial charge in [-0.25, -0.2) is 15.0 Å². The van der Waals surface area contributed by atoms with Crippen molar-refractivity contribution in [3.63, 3.8) is 0 Å². The third kappa shape index (κ3) is 11.5. The van der Waals surface area contributed by atoms with Crippen LogP contribution in [0.3, 0.4) is 0 Å². The fourth-order valence-electron chi connectivity index (χ4n) is 24.2. The minimum absolute atomic E-state index is 0.509. The lowest BCUT2D eigenvalue weighted by Crippen LogP contribution is -2.04. The number of hydrogen-bond donors (Lipinski definition) is 0. The van der Waals surface area contributed by atoms with Crippen LogP contribution in [0.1, 0.15) is 0 Å². The molecule has 0 amide bonds. The van der Waals surface area contributed by atoms with Crippen LogP contribution >= 0.6 is 11.3 Å². The van der Waals surface area contributed by atoms with Crippen molar-refractivity contribution in [2.24, 2.45) is 0 Å². The van der Waals surface area contributed by atoms with Crippen molar-refractivity contribution in [3.05, 3.63) is 455 Å². The van der Waals surface area contributed by atoms with E-state index in [0.717, 1.165) is 258 Å². The molecule has 0 aliphatic heterocycles. The lowest BCUT2D eigenvalue weighted by Gasteiger charge is -2.18. The Morgan fingerprint density at radius 3 is 1.20 bits per heavy atom. The molecule has 666 valence electrons. The fraction of sp³-hybridized carbons (Fsp3) is 0. The van der Waals surface area contributed by atoms with E-state index in [1.807, 2.05) is 6.07 Å². The largest absolute Gasteiger partial charge is 0.456 e. The van der Waals surface area contributed by atoms with Gasteiger partial charge < -0.3 is 31.5 Å². The van der Waals surface area contributed by atoms with Crippen molar-refractivity contribution in [1.29, 1.82) is 0 Å². The average molecular weight is 1850 g/mol. The van der Waals surface area contributed by atoms with Crippen LogP contribution in [-0.4, -0.2) is 33.2 Å². The molecule has 0 fully saturated rings. The molecule has 10 nitrogen and oxygen atoms in total. The number of benzene rings is 23. The van der Waals surface area contributed by atoms with Crippen LogP contribution in [0.15, 0.2) is 468 Å². The van der Waals surface area contributed by atoms with E-state index in [1.54, 1.807) is 11.3 Å². The Bertz CT molecular complexity index is 11200. The van der Waals surface area contributed by atoms with Crippen LogP contribution in [0.25, 0.3) is 318 Å². The van der Waals surface area contributed by atoms with E-state index in [4.69, 9.17) is 28.2 Å². The van der Waals surface area contributed by atoms with Crippen molar-refractivity contribution in [2.45, 2.75) is 0 Å². The SMILES string of the molecule is c1ccc(-n2c3ccccc3c3c(-c4cc(-c5ccc6c(oc7ccccc76)c5-n5c6cc7ccccc7cc6c6c7ccccc7ccc65)cc(-c5cccc6oc7cc(-c8ccc(-n9c%10ccccc%10c%10c(-c%11nc(-c%12ccc%13c(oc%14ccccc%14%13)c%12-n%12c%13cc%14ccccc%14cc%13c%13cc%14ccccc%14cc%13%12)nc(-c%12cccc%13sc%14ccccc%14c%12%13)n%11)cccc%109)cc8)ccc7c56)c4)cccc32)cc1. The van der Waals surface area contributed by atoms with Crippen LogP contribution in [0, 0.1) is 0 Å². The Balaban J connectivity index is 0.561. The van der Waals surface area contributed by atoms with Gasteiger partial charge in [-0.2, -0.15) is 0 Å². The summed E-state index contributed by atoms with van der Waals surface area (Å²) < 4.78 is 34.0. The molecule has 0 radical (unpaired) electrons. The normalized spacial score (nSPS) is 12.3. The minimum atomic E-state index is 0.509. The van der Waals surface area contributed by atoms with Gasteiger partial charge in [0.15, 0.2) is 28.6 Å². The molecule has 0 atom stereocenters. The Labute approximate surface area is 824 Å². The van der Waals surface area contributed by atoms with E-state index in [0.29, 0.717) is 17.5 Å². The summed E-state index contributed by atoms with van der Waals surface area (Å²) >= 11 is 1.79. The summed E-state index contributed by atoms with van der Waals surface area (Å²) in [6, 6.07) is 166. The summed E-state index contributed by atoms with van der Waals surface area (Å²) in [5.74, 6) is 1.61. The number of thiophene rings is 1. The van der Waals surface area contributed by atoms with Gasteiger partial charge in [0.05, 0.1) is 49.8 Å². The van der Waals surface area contributed by atoms with E-state index in [9.17, 15) is 0 Å². The lowest BCUT2D eigenvalue weighted by molar-refractivity contribution is 0.666. The molecule has 0 spiro atoms. The van der Waals surface area contributed by atoms with Gasteiger partial charge in [-0.3, -0.25) is 0 Å². The molecule has 0 aliphatic carbocycles. The lowest BCUT2D eigenvalue weighted by atomic mass is 9.89. The second-order valence-electron chi connectivity index (χ2n) is 38.2. The maximum absolute atomic E-state index is 7.38. The smallest absolute Gasteiger partial charge is 0.166 e. The summed E-state index contributed by atoms with van der Waals surface area (Å²) in [5, 5.41) is 26.8. The number of furan rings is 3. The zero-order valence-electron chi connectivity index (χ0n) is 77.1. The van der Waals surface area contributed by atoms with Crippen molar-refractivity contribution < 1.29 is 13.3 Å². The molecule has 0 saturated heterocycles. The number of nitrogens with zero attached hydrogens (tertiary/aromatic N) is 7. The van der Waals surface area contributed by atoms with Gasteiger partial charge in [0, 0.05) is 129 Å². The number of rotatable bonds is 11. The van der Waals surface area contributed by atoms with Crippen LogP contribution in [-0.2, 0) is 0 Å². The molecule has 32 rings (SSSR count). The van der Waals surface area contributed by atoms with Crippen molar-refractivity contribution >= 4 is 228 Å².